The zero-order valence-corrected chi connectivity index (χ0v) is 18.6. The van der Waals surface area contributed by atoms with Gasteiger partial charge in [-0.25, -0.2) is 4.98 Å². The van der Waals surface area contributed by atoms with E-state index in [-0.39, 0.29) is 5.56 Å². The molecule has 4 rings (SSSR count). The highest BCUT2D eigenvalue weighted by atomic mass is 32.2. The van der Waals surface area contributed by atoms with Gasteiger partial charge in [-0.1, -0.05) is 61.9 Å². The molecule has 2 N–H and O–H groups in total. The van der Waals surface area contributed by atoms with Crippen molar-refractivity contribution in [3.63, 3.8) is 0 Å². The molecule has 1 atom stereocenters. The van der Waals surface area contributed by atoms with E-state index in [9.17, 15) is 14.7 Å². The summed E-state index contributed by atoms with van der Waals surface area (Å²) in [6, 6.07) is 13.5. The Kier molecular flexibility index (Phi) is 5.87. The summed E-state index contributed by atoms with van der Waals surface area (Å²) in [7, 11) is 0. The number of unbranched alkanes of at least 4 members (excludes halogenated alkanes) is 1. The fourth-order valence-electron chi connectivity index (χ4n) is 3.74. The van der Waals surface area contributed by atoms with Crippen LogP contribution in [0.3, 0.4) is 0 Å². The maximum absolute atomic E-state index is 13.7. The van der Waals surface area contributed by atoms with Gasteiger partial charge in [0.15, 0.2) is 5.16 Å². The Morgan fingerprint density at radius 1 is 1.23 bits per heavy atom. The molecule has 0 aliphatic carbocycles. The average molecular weight is 436 g/mol. The van der Waals surface area contributed by atoms with Crippen LogP contribution in [0.4, 0.5) is 0 Å². The number of fused-ring (bicyclic) bond motifs is 3. The lowest BCUT2D eigenvalue weighted by molar-refractivity contribution is -0.136. The minimum absolute atomic E-state index is 0.225. The molecule has 0 bridgehead atoms. The van der Waals surface area contributed by atoms with Crippen molar-refractivity contribution in [1.82, 2.24) is 14.5 Å². The van der Waals surface area contributed by atoms with Crippen molar-refractivity contribution in [1.29, 1.82) is 0 Å². The first-order valence-electron chi connectivity index (χ1n) is 10.4. The number of hydrogen-bond acceptors (Lipinski definition) is 4. The zero-order chi connectivity index (χ0) is 22.1. The van der Waals surface area contributed by atoms with Crippen LogP contribution in [-0.4, -0.2) is 30.9 Å². The molecule has 2 aromatic carbocycles. The van der Waals surface area contributed by atoms with Gasteiger partial charge >= 0.3 is 5.97 Å². The molecular weight excluding hydrogens is 410 g/mol. The predicted molar refractivity (Wildman–Crippen MR) is 125 cm³/mol. The fourth-order valence-corrected chi connectivity index (χ4v) is 4.81. The first kappa shape index (κ1) is 21.2. The lowest BCUT2D eigenvalue weighted by atomic mass is 10.1. The first-order valence-corrected chi connectivity index (χ1v) is 11.3. The van der Waals surface area contributed by atoms with Gasteiger partial charge in [-0.05, 0) is 43.5 Å². The second kappa shape index (κ2) is 8.59. The van der Waals surface area contributed by atoms with Gasteiger partial charge in [0.1, 0.15) is 16.3 Å². The van der Waals surface area contributed by atoms with Gasteiger partial charge in [0, 0.05) is 10.9 Å². The third kappa shape index (κ3) is 3.97. The summed E-state index contributed by atoms with van der Waals surface area (Å²) in [4.78, 5) is 33.7. The molecule has 2 aromatic heterocycles. The van der Waals surface area contributed by atoms with Crippen molar-refractivity contribution in [3.8, 4) is 5.69 Å². The summed E-state index contributed by atoms with van der Waals surface area (Å²) in [5, 5.41) is 10.4. The van der Waals surface area contributed by atoms with E-state index in [1.165, 1.54) is 0 Å². The highest BCUT2D eigenvalue weighted by Crippen LogP contribution is 2.31. The quantitative estimate of drug-likeness (QED) is 0.307. The third-order valence-electron chi connectivity index (χ3n) is 5.44. The van der Waals surface area contributed by atoms with Crippen LogP contribution in [0.15, 0.2) is 52.4 Å². The van der Waals surface area contributed by atoms with E-state index in [1.807, 2.05) is 63.2 Å². The van der Waals surface area contributed by atoms with E-state index >= 15 is 0 Å². The zero-order valence-electron chi connectivity index (χ0n) is 17.8. The molecule has 0 radical (unpaired) electrons. The van der Waals surface area contributed by atoms with Gasteiger partial charge in [0.2, 0.25) is 0 Å². The first-order chi connectivity index (χ1) is 14.9. The number of aromatic nitrogens is 3. The summed E-state index contributed by atoms with van der Waals surface area (Å²) in [6.45, 7) is 5.94. The maximum Gasteiger partial charge on any atom is 0.317 e. The number of hydrogen-bond donors (Lipinski definition) is 2. The number of para-hydroxylation sites is 1. The number of carbonyl (C=O) groups is 1. The fraction of sp³-hybridized carbons (Fsp3) is 0.292. The topological polar surface area (TPSA) is 88.0 Å². The summed E-state index contributed by atoms with van der Waals surface area (Å²) >= 11 is 1.15. The summed E-state index contributed by atoms with van der Waals surface area (Å²) in [6.07, 6.45) is 2.22. The molecule has 1 unspecified atom stereocenters. The normalized spacial score (nSPS) is 12.5. The molecule has 0 aliphatic rings. The lowest BCUT2D eigenvalue weighted by Gasteiger charge is -2.17. The number of carboxylic acid groups (broad SMARTS) is 1. The second-order valence-corrected chi connectivity index (χ2v) is 8.98. The molecule has 31 heavy (non-hydrogen) atoms. The average Bonchev–Trinajstić information content (AvgIpc) is 3.12. The number of rotatable bonds is 7. The van der Waals surface area contributed by atoms with Gasteiger partial charge < -0.3 is 10.1 Å². The standard InChI is InChI=1S/C24H25N3O3S/c1-4-5-10-19(23(29)30)31-24-26-20-16-8-6-7-9-17(16)25-21(20)22(28)27(24)18-13-14(2)11-12-15(18)3/h6-9,11-13,19,25H,4-5,10H2,1-3H3,(H,29,30). The minimum Gasteiger partial charge on any atom is -0.480 e. The van der Waals surface area contributed by atoms with Gasteiger partial charge in [0.05, 0.1) is 5.69 Å². The molecule has 4 aromatic rings. The predicted octanol–water partition coefficient (Wildman–Crippen LogP) is 5.22. The van der Waals surface area contributed by atoms with E-state index in [4.69, 9.17) is 4.98 Å². The molecule has 6 nitrogen and oxygen atoms in total. The van der Waals surface area contributed by atoms with Crippen molar-refractivity contribution in [2.75, 3.05) is 0 Å². The minimum atomic E-state index is -0.890. The van der Waals surface area contributed by atoms with Crippen LogP contribution in [0.2, 0.25) is 0 Å². The number of benzene rings is 2. The van der Waals surface area contributed by atoms with Crippen molar-refractivity contribution in [2.24, 2.45) is 0 Å². The van der Waals surface area contributed by atoms with Crippen LogP contribution in [0.25, 0.3) is 27.6 Å². The highest BCUT2D eigenvalue weighted by Gasteiger charge is 2.24. The van der Waals surface area contributed by atoms with Gasteiger partial charge in [-0.15, -0.1) is 0 Å². The molecule has 0 spiro atoms. The van der Waals surface area contributed by atoms with E-state index in [0.717, 1.165) is 52.3 Å². The number of thioether (sulfide) groups is 1. The van der Waals surface area contributed by atoms with E-state index in [1.54, 1.807) is 4.57 Å². The Balaban J connectivity index is 2.01. The van der Waals surface area contributed by atoms with Crippen LogP contribution >= 0.6 is 11.8 Å². The lowest BCUT2D eigenvalue weighted by Crippen LogP contribution is -2.25. The molecule has 0 fully saturated rings. The van der Waals surface area contributed by atoms with Gasteiger partial charge in [-0.3, -0.25) is 14.2 Å². The Morgan fingerprint density at radius 3 is 2.74 bits per heavy atom. The molecular formula is C24H25N3O3S. The van der Waals surface area contributed by atoms with E-state index in [2.05, 4.69) is 4.98 Å². The largest absolute Gasteiger partial charge is 0.480 e. The molecule has 0 aliphatic heterocycles. The summed E-state index contributed by atoms with van der Waals surface area (Å²) < 4.78 is 1.56. The van der Waals surface area contributed by atoms with Crippen LogP contribution in [0, 0.1) is 13.8 Å². The van der Waals surface area contributed by atoms with Crippen molar-refractivity contribution in [3.05, 3.63) is 63.9 Å². The van der Waals surface area contributed by atoms with Crippen LogP contribution < -0.4 is 5.56 Å². The molecule has 0 saturated carbocycles. The Morgan fingerprint density at radius 2 is 2.00 bits per heavy atom. The Labute approximate surface area is 184 Å². The Hall–Kier alpha value is -3.06. The molecule has 0 amide bonds. The monoisotopic (exact) mass is 435 g/mol. The van der Waals surface area contributed by atoms with Crippen molar-refractivity contribution >= 4 is 39.7 Å². The van der Waals surface area contributed by atoms with E-state index in [0.29, 0.717) is 22.6 Å². The molecule has 0 saturated heterocycles. The summed E-state index contributed by atoms with van der Waals surface area (Å²) in [5.74, 6) is -0.890. The number of nitrogens with zero attached hydrogens (tertiary/aromatic N) is 2. The van der Waals surface area contributed by atoms with Crippen LogP contribution in [-0.2, 0) is 4.79 Å². The highest BCUT2D eigenvalue weighted by molar-refractivity contribution is 8.00. The molecule has 2 heterocycles. The number of aryl methyl sites for hydroxylation is 2. The van der Waals surface area contributed by atoms with Crippen molar-refractivity contribution in [2.45, 2.75) is 50.4 Å². The van der Waals surface area contributed by atoms with E-state index < -0.39 is 11.2 Å². The van der Waals surface area contributed by atoms with Gasteiger partial charge in [-0.2, -0.15) is 0 Å². The SMILES string of the molecule is CCCCC(Sc1nc2c([nH]c3ccccc32)c(=O)n1-c1cc(C)ccc1C)C(=O)O. The molecule has 160 valence electrons. The summed E-state index contributed by atoms with van der Waals surface area (Å²) in [5.41, 5.74) is 4.26. The number of nitrogens with one attached hydrogen (secondary N) is 1. The smallest absolute Gasteiger partial charge is 0.317 e. The number of aliphatic carboxylic acids is 1. The third-order valence-corrected chi connectivity index (χ3v) is 6.65. The van der Waals surface area contributed by atoms with Crippen molar-refractivity contribution < 1.29 is 9.90 Å². The second-order valence-electron chi connectivity index (χ2n) is 7.81. The maximum atomic E-state index is 13.7. The Bertz CT molecular complexity index is 1340. The van der Waals surface area contributed by atoms with Crippen LogP contribution in [0.5, 0.6) is 0 Å². The van der Waals surface area contributed by atoms with Crippen LogP contribution in [0.1, 0.15) is 37.3 Å². The number of H-pyrrole nitrogens is 1. The number of aromatic amines is 1. The van der Waals surface area contributed by atoms with Gasteiger partial charge in [0.25, 0.3) is 5.56 Å². The molecule has 7 heteroatoms. The number of carboxylic acids is 1.